The first kappa shape index (κ1) is 10.1. The lowest BCUT2D eigenvalue weighted by Gasteiger charge is -2.03. The molecule has 0 aliphatic carbocycles. The van der Waals surface area contributed by atoms with Crippen molar-refractivity contribution >= 4 is 23.7 Å². The summed E-state index contributed by atoms with van der Waals surface area (Å²) in [5.41, 5.74) is -0.0151. The maximum absolute atomic E-state index is 12.5. The van der Waals surface area contributed by atoms with Crippen LogP contribution in [0.4, 0.5) is 8.78 Å². The summed E-state index contributed by atoms with van der Waals surface area (Å²) < 4.78 is 25.6. The van der Waals surface area contributed by atoms with Gasteiger partial charge in [-0.2, -0.15) is 8.78 Å². The van der Waals surface area contributed by atoms with E-state index in [4.69, 9.17) is 10.0 Å². The Morgan fingerprint density at radius 1 is 1.27 bits per heavy atom. The van der Waals surface area contributed by atoms with Crippen molar-refractivity contribution in [3.8, 4) is 0 Å². The van der Waals surface area contributed by atoms with Crippen molar-refractivity contribution < 1.29 is 18.8 Å². The lowest BCUT2D eigenvalue weighted by molar-refractivity contribution is 0.0746. The molecule has 0 radical (unpaired) electrons. The van der Waals surface area contributed by atoms with Crippen LogP contribution in [0.5, 0.6) is 0 Å². The minimum Gasteiger partial charge on any atom is -0.422 e. The molecular formula is C8H7BF2N2O2. The van der Waals surface area contributed by atoms with E-state index in [-0.39, 0.29) is 11.2 Å². The van der Waals surface area contributed by atoms with E-state index in [2.05, 4.69) is 4.98 Å². The van der Waals surface area contributed by atoms with Gasteiger partial charge < -0.3 is 10.0 Å². The summed E-state index contributed by atoms with van der Waals surface area (Å²) in [5.74, 6) is 0. The fraction of sp³-hybridized carbons (Fsp3) is 0.125. The van der Waals surface area contributed by atoms with Gasteiger partial charge in [0.2, 0.25) is 0 Å². The van der Waals surface area contributed by atoms with E-state index < -0.39 is 13.7 Å². The molecule has 2 rings (SSSR count). The van der Waals surface area contributed by atoms with Gasteiger partial charge in [-0.05, 0) is 12.1 Å². The zero-order chi connectivity index (χ0) is 11.0. The predicted octanol–water partition coefficient (Wildman–Crippen LogP) is 0.111. The van der Waals surface area contributed by atoms with E-state index >= 15 is 0 Å². The molecule has 7 heteroatoms. The number of rotatable bonds is 2. The number of fused-ring (bicyclic) bond motifs is 1. The highest BCUT2D eigenvalue weighted by Crippen LogP contribution is 2.18. The van der Waals surface area contributed by atoms with Gasteiger partial charge in [-0.25, -0.2) is 4.98 Å². The quantitative estimate of drug-likeness (QED) is 0.694. The summed E-state index contributed by atoms with van der Waals surface area (Å²) in [4.78, 5) is 3.74. The van der Waals surface area contributed by atoms with E-state index in [1.807, 2.05) is 0 Å². The number of halogens is 2. The number of nitrogens with zero attached hydrogens (tertiary/aromatic N) is 2. The largest absolute Gasteiger partial charge is 0.508 e. The average Bonchev–Trinajstić information content (AvgIpc) is 2.59. The molecule has 0 aliphatic heterocycles. The SMILES string of the molecule is OB(O)c1ccc2ccn(C(F)F)c2n1. The Labute approximate surface area is 83.9 Å². The van der Waals surface area contributed by atoms with Gasteiger partial charge in [0.05, 0.1) is 5.59 Å². The normalized spacial score (nSPS) is 11.3. The lowest BCUT2D eigenvalue weighted by Crippen LogP contribution is -2.32. The molecular weight excluding hydrogens is 205 g/mol. The van der Waals surface area contributed by atoms with Crippen LogP contribution in [-0.2, 0) is 0 Å². The molecule has 0 aromatic carbocycles. The number of aromatic nitrogens is 2. The minimum absolute atomic E-state index is 0.0376. The molecule has 2 N–H and O–H groups in total. The molecule has 2 aromatic rings. The summed E-state index contributed by atoms with van der Waals surface area (Å²) in [5, 5.41) is 18.2. The van der Waals surface area contributed by atoms with Crippen LogP contribution < -0.4 is 5.59 Å². The van der Waals surface area contributed by atoms with Gasteiger partial charge in [-0.3, -0.25) is 4.57 Å². The van der Waals surface area contributed by atoms with Gasteiger partial charge in [0.15, 0.2) is 0 Å². The van der Waals surface area contributed by atoms with Crippen molar-refractivity contribution in [3.05, 3.63) is 24.4 Å². The third-order valence-corrected chi connectivity index (χ3v) is 2.06. The van der Waals surface area contributed by atoms with Crippen LogP contribution >= 0.6 is 0 Å². The standard InChI is InChI=1S/C8H7BF2N2O2/c10-8(11)13-4-3-5-1-2-6(9(14)15)12-7(5)13/h1-4,8,14-15H. The molecule has 78 valence electrons. The Hall–Kier alpha value is -1.47. The van der Waals surface area contributed by atoms with Gasteiger partial charge >= 0.3 is 13.7 Å². The van der Waals surface area contributed by atoms with E-state index in [1.54, 1.807) is 0 Å². The van der Waals surface area contributed by atoms with Crippen molar-refractivity contribution in [2.24, 2.45) is 0 Å². The van der Waals surface area contributed by atoms with Crippen molar-refractivity contribution in [3.63, 3.8) is 0 Å². The third kappa shape index (κ3) is 1.71. The summed E-state index contributed by atoms with van der Waals surface area (Å²) >= 11 is 0. The van der Waals surface area contributed by atoms with Crippen molar-refractivity contribution in [2.75, 3.05) is 0 Å². The molecule has 0 saturated heterocycles. The van der Waals surface area contributed by atoms with Gasteiger partial charge in [0, 0.05) is 11.6 Å². The summed E-state index contributed by atoms with van der Waals surface area (Å²) in [6.07, 6.45) is 1.20. The smallest absolute Gasteiger partial charge is 0.422 e. The van der Waals surface area contributed by atoms with Gasteiger partial charge in [-0.1, -0.05) is 6.07 Å². The molecule has 0 bridgehead atoms. The van der Waals surface area contributed by atoms with Crippen LogP contribution in [0.3, 0.4) is 0 Å². The van der Waals surface area contributed by atoms with Crippen molar-refractivity contribution in [1.82, 2.24) is 9.55 Å². The van der Waals surface area contributed by atoms with Gasteiger partial charge in [-0.15, -0.1) is 0 Å². The van der Waals surface area contributed by atoms with Gasteiger partial charge in [0.1, 0.15) is 5.65 Å². The zero-order valence-corrected chi connectivity index (χ0v) is 7.51. The molecule has 0 spiro atoms. The van der Waals surface area contributed by atoms with Crippen LogP contribution in [0, 0.1) is 0 Å². The fourth-order valence-corrected chi connectivity index (χ4v) is 1.34. The summed E-state index contributed by atoms with van der Waals surface area (Å²) in [7, 11) is -1.75. The molecule has 0 atom stereocenters. The maximum Gasteiger partial charge on any atom is 0.508 e. The zero-order valence-electron chi connectivity index (χ0n) is 7.51. The predicted molar refractivity (Wildman–Crippen MR) is 50.8 cm³/mol. The van der Waals surface area contributed by atoms with E-state index in [1.165, 1.54) is 24.4 Å². The molecule has 0 aliphatic rings. The molecule has 2 aromatic heterocycles. The minimum atomic E-state index is -2.69. The Bertz CT molecular complexity index is 486. The van der Waals surface area contributed by atoms with Crippen molar-refractivity contribution in [1.29, 1.82) is 0 Å². The maximum atomic E-state index is 12.5. The highest BCUT2D eigenvalue weighted by Gasteiger charge is 2.16. The second kappa shape index (κ2) is 3.60. The van der Waals surface area contributed by atoms with Crippen molar-refractivity contribution in [2.45, 2.75) is 6.55 Å². The third-order valence-electron chi connectivity index (χ3n) is 2.06. The molecule has 0 saturated carbocycles. The Balaban J connectivity index is 2.61. The Morgan fingerprint density at radius 3 is 2.60 bits per heavy atom. The highest BCUT2D eigenvalue weighted by atomic mass is 19.3. The summed E-state index contributed by atoms with van der Waals surface area (Å²) in [6.45, 7) is -2.69. The Morgan fingerprint density at radius 2 is 2.00 bits per heavy atom. The number of hydrogen-bond donors (Lipinski definition) is 2. The summed E-state index contributed by atoms with van der Waals surface area (Å²) in [6, 6.07) is 4.38. The molecule has 15 heavy (non-hydrogen) atoms. The first-order valence-electron chi connectivity index (χ1n) is 4.21. The second-order valence-corrected chi connectivity index (χ2v) is 3.02. The Kier molecular flexibility index (Phi) is 2.41. The molecule has 2 heterocycles. The monoisotopic (exact) mass is 212 g/mol. The molecule has 0 amide bonds. The van der Waals surface area contributed by atoms with Gasteiger partial charge in [0.25, 0.3) is 0 Å². The van der Waals surface area contributed by atoms with E-state index in [0.29, 0.717) is 9.95 Å². The average molecular weight is 212 g/mol. The molecule has 4 nitrogen and oxygen atoms in total. The number of hydrogen-bond acceptors (Lipinski definition) is 3. The highest BCUT2D eigenvalue weighted by molar-refractivity contribution is 6.57. The second-order valence-electron chi connectivity index (χ2n) is 3.02. The fourth-order valence-electron chi connectivity index (χ4n) is 1.34. The number of alkyl halides is 2. The van der Waals surface area contributed by atoms with Crippen LogP contribution in [0.15, 0.2) is 24.4 Å². The van der Waals surface area contributed by atoms with Crippen LogP contribution in [0.1, 0.15) is 6.55 Å². The van der Waals surface area contributed by atoms with E-state index in [9.17, 15) is 8.78 Å². The van der Waals surface area contributed by atoms with Crippen LogP contribution in [0.25, 0.3) is 11.0 Å². The lowest BCUT2D eigenvalue weighted by atomic mass is 9.86. The van der Waals surface area contributed by atoms with Crippen LogP contribution in [0.2, 0.25) is 0 Å². The topological polar surface area (TPSA) is 58.3 Å². The first-order valence-corrected chi connectivity index (χ1v) is 4.21. The van der Waals surface area contributed by atoms with Crippen LogP contribution in [-0.4, -0.2) is 26.7 Å². The number of pyridine rings is 1. The molecule has 0 fully saturated rings. The molecule has 0 unspecified atom stereocenters. The van der Waals surface area contributed by atoms with E-state index in [0.717, 1.165) is 0 Å². The first-order chi connectivity index (χ1) is 7.09.